The molecule has 0 aromatic heterocycles. The topological polar surface area (TPSA) is 50.4 Å². The molecule has 98 valence electrons. The minimum atomic E-state index is -2.44. The number of amides is 1. The Morgan fingerprint density at radius 3 is 2.88 bits per heavy atom. The SMILES string of the molecule is O=C(NCCOCC(F)F)C1CC2CCC1N2. The third kappa shape index (κ3) is 3.35. The van der Waals surface area contributed by atoms with Crippen LogP contribution in [0.5, 0.6) is 0 Å². The molecule has 0 spiro atoms. The van der Waals surface area contributed by atoms with Gasteiger partial charge in [-0.05, 0) is 19.3 Å². The first-order chi connectivity index (χ1) is 8.16. The van der Waals surface area contributed by atoms with Crippen LogP contribution in [0, 0.1) is 5.92 Å². The molecule has 0 aromatic rings. The summed E-state index contributed by atoms with van der Waals surface area (Å²) in [5.74, 6) is 0.0641. The minimum Gasteiger partial charge on any atom is -0.374 e. The minimum absolute atomic E-state index is 0.0188. The molecule has 2 saturated heterocycles. The molecule has 2 bridgehead atoms. The first-order valence-corrected chi connectivity index (χ1v) is 6.06. The zero-order valence-electron chi connectivity index (χ0n) is 9.62. The van der Waals surface area contributed by atoms with Crippen LogP contribution in [-0.4, -0.2) is 44.2 Å². The van der Waals surface area contributed by atoms with E-state index in [4.69, 9.17) is 0 Å². The highest BCUT2D eigenvalue weighted by Crippen LogP contribution is 2.33. The van der Waals surface area contributed by atoms with Crippen LogP contribution in [0.15, 0.2) is 0 Å². The molecule has 4 nitrogen and oxygen atoms in total. The molecule has 17 heavy (non-hydrogen) atoms. The first-order valence-electron chi connectivity index (χ1n) is 6.06. The van der Waals surface area contributed by atoms with Gasteiger partial charge in [-0.25, -0.2) is 8.78 Å². The molecule has 3 unspecified atom stereocenters. The Morgan fingerprint density at radius 1 is 1.47 bits per heavy atom. The molecule has 2 rings (SSSR count). The van der Waals surface area contributed by atoms with Crippen LogP contribution in [0.1, 0.15) is 19.3 Å². The lowest BCUT2D eigenvalue weighted by Gasteiger charge is -2.19. The molecule has 1 amide bonds. The zero-order chi connectivity index (χ0) is 12.3. The third-order valence-corrected chi connectivity index (χ3v) is 3.43. The summed E-state index contributed by atoms with van der Waals surface area (Å²) in [5.41, 5.74) is 0. The molecule has 0 radical (unpaired) electrons. The van der Waals surface area contributed by atoms with Gasteiger partial charge in [-0.1, -0.05) is 0 Å². The summed E-state index contributed by atoms with van der Waals surface area (Å²) < 4.78 is 28.2. The highest BCUT2D eigenvalue weighted by atomic mass is 19.3. The normalized spacial score (nSPS) is 31.1. The number of fused-ring (bicyclic) bond motifs is 2. The van der Waals surface area contributed by atoms with Crippen LogP contribution in [0.3, 0.4) is 0 Å². The number of alkyl halides is 2. The van der Waals surface area contributed by atoms with Crippen LogP contribution in [0.2, 0.25) is 0 Å². The fraction of sp³-hybridized carbons (Fsp3) is 0.909. The van der Waals surface area contributed by atoms with Gasteiger partial charge in [-0.15, -0.1) is 0 Å². The second kappa shape index (κ2) is 5.73. The van der Waals surface area contributed by atoms with E-state index in [1.54, 1.807) is 0 Å². The van der Waals surface area contributed by atoms with E-state index in [-0.39, 0.29) is 18.4 Å². The molecule has 2 N–H and O–H groups in total. The van der Waals surface area contributed by atoms with E-state index in [1.807, 2.05) is 0 Å². The summed E-state index contributed by atoms with van der Waals surface area (Å²) in [6, 6.07) is 0.799. The van der Waals surface area contributed by atoms with E-state index in [0.29, 0.717) is 18.6 Å². The number of nitrogens with one attached hydrogen (secondary N) is 2. The van der Waals surface area contributed by atoms with Gasteiger partial charge < -0.3 is 15.4 Å². The molecule has 2 aliphatic rings. The predicted molar refractivity (Wildman–Crippen MR) is 57.9 cm³/mol. The average molecular weight is 248 g/mol. The molecule has 2 fully saturated rings. The molecular weight excluding hydrogens is 230 g/mol. The van der Waals surface area contributed by atoms with E-state index in [0.717, 1.165) is 19.3 Å². The number of carbonyl (C=O) groups excluding carboxylic acids is 1. The van der Waals surface area contributed by atoms with Crippen molar-refractivity contribution in [1.29, 1.82) is 0 Å². The van der Waals surface area contributed by atoms with Crippen LogP contribution < -0.4 is 10.6 Å². The number of rotatable bonds is 6. The van der Waals surface area contributed by atoms with Crippen molar-refractivity contribution in [2.75, 3.05) is 19.8 Å². The Labute approximate surface area is 99.1 Å². The van der Waals surface area contributed by atoms with Crippen molar-refractivity contribution in [2.24, 2.45) is 5.92 Å². The van der Waals surface area contributed by atoms with E-state index in [2.05, 4.69) is 15.4 Å². The van der Waals surface area contributed by atoms with Gasteiger partial charge in [0.15, 0.2) is 0 Å². The summed E-state index contributed by atoms with van der Waals surface area (Å²) in [7, 11) is 0. The molecule has 0 saturated carbocycles. The molecule has 0 aliphatic carbocycles. The lowest BCUT2D eigenvalue weighted by Crippen LogP contribution is -2.39. The van der Waals surface area contributed by atoms with E-state index in [9.17, 15) is 13.6 Å². The van der Waals surface area contributed by atoms with Crippen molar-refractivity contribution < 1.29 is 18.3 Å². The standard InChI is InChI=1S/C11H18F2N2O2/c12-10(13)6-17-4-3-14-11(16)8-5-7-1-2-9(8)15-7/h7-10,15H,1-6H2,(H,14,16). The largest absolute Gasteiger partial charge is 0.374 e. The highest BCUT2D eigenvalue weighted by molar-refractivity contribution is 5.80. The maximum atomic E-state index is 11.8. The van der Waals surface area contributed by atoms with Gasteiger partial charge in [-0.3, -0.25) is 4.79 Å². The Balaban J connectivity index is 1.58. The first kappa shape index (κ1) is 12.7. The van der Waals surface area contributed by atoms with Crippen LogP contribution in [0.4, 0.5) is 8.78 Å². The fourth-order valence-electron chi connectivity index (χ4n) is 2.66. The molecule has 2 heterocycles. The van der Waals surface area contributed by atoms with Gasteiger partial charge in [0.2, 0.25) is 5.91 Å². The summed E-state index contributed by atoms with van der Waals surface area (Å²) in [6.45, 7) is -0.116. The Hall–Kier alpha value is -0.750. The third-order valence-electron chi connectivity index (χ3n) is 3.43. The number of hydrogen-bond acceptors (Lipinski definition) is 3. The van der Waals surface area contributed by atoms with Crippen molar-refractivity contribution in [2.45, 2.75) is 37.8 Å². The highest BCUT2D eigenvalue weighted by Gasteiger charge is 2.42. The van der Waals surface area contributed by atoms with Crippen molar-refractivity contribution in [3.63, 3.8) is 0 Å². The summed E-state index contributed by atoms with van der Waals surface area (Å²) in [6.07, 6.45) is 0.672. The Bertz CT molecular complexity index is 276. The Morgan fingerprint density at radius 2 is 2.29 bits per heavy atom. The molecule has 2 aliphatic heterocycles. The fourth-order valence-corrected chi connectivity index (χ4v) is 2.66. The van der Waals surface area contributed by atoms with Crippen molar-refractivity contribution in [1.82, 2.24) is 10.6 Å². The predicted octanol–water partition coefficient (Wildman–Crippen LogP) is 0.525. The maximum Gasteiger partial charge on any atom is 0.261 e. The second-order valence-electron chi connectivity index (χ2n) is 4.65. The molecule has 6 heteroatoms. The smallest absolute Gasteiger partial charge is 0.261 e. The number of halogens is 2. The zero-order valence-corrected chi connectivity index (χ0v) is 9.62. The van der Waals surface area contributed by atoms with Gasteiger partial charge in [0, 0.05) is 18.6 Å². The summed E-state index contributed by atoms with van der Waals surface area (Å²) in [4.78, 5) is 11.8. The second-order valence-corrected chi connectivity index (χ2v) is 4.65. The molecule has 3 atom stereocenters. The van der Waals surface area contributed by atoms with E-state index in [1.165, 1.54) is 0 Å². The van der Waals surface area contributed by atoms with Crippen LogP contribution >= 0.6 is 0 Å². The Kier molecular flexibility index (Phi) is 4.28. The average Bonchev–Trinajstić information content (AvgIpc) is 2.89. The number of carbonyl (C=O) groups is 1. The monoisotopic (exact) mass is 248 g/mol. The lowest BCUT2D eigenvalue weighted by molar-refractivity contribution is -0.125. The number of ether oxygens (including phenoxy) is 1. The van der Waals surface area contributed by atoms with Crippen LogP contribution in [0.25, 0.3) is 0 Å². The van der Waals surface area contributed by atoms with E-state index >= 15 is 0 Å². The van der Waals surface area contributed by atoms with E-state index < -0.39 is 13.0 Å². The number of hydrogen-bond donors (Lipinski definition) is 2. The van der Waals surface area contributed by atoms with Gasteiger partial charge in [0.25, 0.3) is 6.43 Å². The van der Waals surface area contributed by atoms with Crippen molar-refractivity contribution in [3.05, 3.63) is 0 Å². The molecule has 0 aromatic carbocycles. The summed E-state index contributed by atoms with van der Waals surface area (Å²) >= 11 is 0. The maximum absolute atomic E-state index is 11.8. The van der Waals surface area contributed by atoms with Gasteiger partial charge in [0.1, 0.15) is 6.61 Å². The molecular formula is C11H18F2N2O2. The van der Waals surface area contributed by atoms with Crippen molar-refractivity contribution in [3.8, 4) is 0 Å². The van der Waals surface area contributed by atoms with Crippen LogP contribution in [-0.2, 0) is 9.53 Å². The summed E-state index contributed by atoms with van der Waals surface area (Å²) in [5, 5.41) is 6.12. The van der Waals surface area contributed by atoms with Gasteiger partial charge in [-0.2, -0.15) is 0 Å². The lowest BCUT2D eigenvalue weighted by atomic mass is 9.88. The van der Waals surface area contributed by atoms with Gasteiger partial charge in [0.05, 0.1) is 12.5 Å². The van der Waals surface area contributed by atoms with Crippen molar-refractivity contribution >= 4 is 5.91 Å². The van der Waals surface area contributed by atoms with Gasteiger partial charge >= 0.3 is 0 Å². The quantitative estimate of drug-likeness (QED) is 0.674.